The number of anilines is 1. The van der Waals surface area contributed by atoms with E-state index in [1.165, 1.54) is 12.1 Å². The van der Waals surface area contributed by atoms with E-state index in [0.717, 1.165) is 18.9 Å². The van der Waals surface area contributed by atoms with E-state index in [0.29, 0.717) is 25.2 Å². The first kappa shape index (κ1) is 19.1. The van der Waals surface area contributed by atoms with Gasteiger partial charge in [-0.05, 0) is 44.5 Å². The average molecular weight is 355 g/mol. The van der Waals surface area contributed by atoms with Crippen molar-refractivity contribution in [2.45, 2.75) is 31.5 Å². The molecule has 1 N–H and O–H groups in total. The highest BCUT2D eigenvalue weighted by Crippen LogP contribution is 2.34. The monoisotopic (exact) mass is 355 g/mol. The number of hydrogen-bond donors (Lipinski definition) is 1. The number of aliphatic carboxylic acids is 1. The van der Waals surface area contributed by atoms with Gasteiger partial charge >= 0.3 is 12.1 Å². The summed E-state index contributed by atoms with van der Waals surface area (Å²) in [7, 11) is 1.76. The molecular weight excluding hydrogens is 335 g/mol. The lowest BCUT2D eigenvalue weighted by Gasteiger charge is -2.26. The molecule has 25 heavy (non-hydrogen) atoms. The molecule has 0 amide bonds. The fourth-order valence-electron chi connectivity index (χ4n) is 3.19. The SMILES string of the molecule is CN(CC(=O)O)C1CCCN(c2ccc(C(F)(F)F)c(C#N)c2)CC1. The predicted molar refractivity (Wildman–Crippen MR) is 86.3 cm³/mol. The smallest absolute Gasteiger partial charge is 0.417 e. The highest BCUT2D eigenvalue weighted by Gasteiger charge is 2.34. The minimum atomic E-state index is -4.55. The number of likely N-dealkylation sites (N-methyl/N-ethyl adjacent to an activating group) is 1. The van der Waals surface area contributed by atoms with Crippen molar-refractivity contribution in [3.63, 3.8) is 0 Å². The molecule has 0 aliphatic carbocycles. The molecule has 1 fully saturated rings. The Labute approximate surface area is 144 Å². The maximum absolute atomic E-state index is 12.9. The third-order valence-electron chi connectivity index (χ3n) is 4.50. The standard InChI is InChI=1S/C17H20F3N3O2/c1-22(11-16(24)25)13-3-2-7-23(8-6-13)14-4-5-15(17(18,19)20)12(9-14)10-21/h4-5,9,13H,2-3,6-8,11H2,1H3,(H,24,25). The van der Waals surface area contributed by atoms with Gasteiger partial charge in [0.05, 0.1) is 23.7 Å². The summed E-state index contributed by atoms with van der Waals surface area (Å²) in [6.45, 7) is 1.22. The van der Waals surface area contributed by atoms with Crippen molar-refractivity contribution in [2.75, 3.05) is 31.6 Å². The van der Waals surface area contributed by atoms with E-state index in [1.54, 1.807) is 18.0 Å². The van der Waals surface area contributed by atoms with Crippen LogP contribution in [0.2, 0.25) is 0 Å². The van der Waals surface area contributed by atoms with E-state index < -0.39 is 17.7 Å². The summed E-state index contributed by atoms with van der Waals surface area (Å²) in [6.07, 6.45) is -2.21. The first-order chi connectivity index (χ1) is 11.7. The number of rotatable bonds is 4. The summed E-state index contributed by atoms with van der Waals surface area (Å²) in [6, 6.07) is 5.37. The Hall–Kier alpha value is -2.27. The van der Waals surface area contributed by atoms with Gasteiger partial charge in [-0.3, -0.25) is 9.69 Å². The van der Waals surface area contributed by atoms with Crippen LogP contribution in [0, 0.1) is 11.3 Å². The number of carboxylic acids is 1. The molecule has 5 nitrogen and oxygen atoms in total. The molecule has 1 saturated heterocycles. The highest BCUT2D eigenvalue weighted by atomic mass is 19.4. The van der Waals surface area contributed by atoms with Crippen LogP contribution in [0.25, 0.3) is 0 Å². The van der Waals surface area contributed by atoms with Crippen molar-refractivity contribution in [3.8, 4) is 6.07 Å². The molecule has 1 unspecified atom stereocenters. The number of alkyl halides is 3. The first-order valence-corrected chi connectivity index (χ1v) is 8.00. The Morgan fingerprint density at radius 3 is 2.72 bits per heavy atom. The fourth-order valence-corrected chi connectivity index (χ4v) is 3.19. The maximum atomic E-state index is 12.9. The van der Waals surface area contributed by atoms with E-state index in [1.807, 2.05) is 4.90 Å². The normalized spacial score (nSPS) is 18.7. The predicted octanol–water partition coefficient (Wildman–Crippen LogP) is 2.95. The Morgan fingerprint density at radius 1 is 1.40 bits per heavy atom. The fraction of sp³-hybridized carbons (Fsp3) is 0.529. The van der Waals surface area contributed by atoms with Gasteiger partial charge in [0.15, 0.2) is 0 Å². The van der Waals surface area contributed by atoms with Gasteiger partial charge in [0.25, 0.3) is 0 Å². The van der Waals surface area contributed by atoms with Gasteiger partial charge in [0, 0.05) is 24.8 Å². The Morgan fingerprint density at radius 2 is 2.12 bits per heavy atom. The topological polar surface area (TPSA) is 67.6 Å². The number of hydrogen-bond acceptors (Lipinski definition) is 4. The summed E-state index contributed by atoms with van der Waals surface area (Å²) < 4.78 is 38.7. The second kappa shape index (κ2) is 7.74. The van der Waals surface area contributed by atoms with Crippen LogP contribution in [0.5, 0.6) is 0 Å². The van der Waals surface area contributed by atoms with Crippen molar-refractivity contribution in [1.29, 1.82) is 5.26 Å². The lowest BCUT2D eigenvalue weighted by molar-refractivity contribution is -0.139. The summed E-state index contributed by atoms with van der Waals surface area (Å²) in [5.74, 6) is -0.884. The zero-order chi connectivity index (χ0) is 18.6. The minimum Gasteiger partial charge on any atom is -0.480 e. The van der Waals surface area contributed by atoms with E-state index in [-0.39, 0.29) is 18.2 Å². The number of carboxylic acid groups (broad SMARTS) is 1. The van der Waals surface area contributed by atoms with Crippen LogP contribution in [0.1, 0.15) is 30.4 Å². The van der Waals surface area contributed by atoms with Crippen LogP contribution >= 0.6 is 0 Å². The Kier molecular flexibility index (Phi) is 5.90. The van der Waals surface area contributed by atoms with E-state index in [4.69, 9.17) is 10.4 Å². The third kappa shape index (κ3) is 4.86. The average Bonchev–Trinajstić information content (AvgIpc) is 2.78. The van der Waals surface area contributed by atoms with E-state index in [2.05, 4.69) is 0 Å². The van der Waals surface area contributed by atoms with Crippen LogP contribution in [0.4, 0.5) is 18.9 Å². The molecule has 1 aliphatic heterocycles. The van der Waals surface area contributed by atoms with Gasteiger partial charge in [-0.2, -0.15) is 18.4 Å². The van der Waals surface area contributed by atoms with Gasteiger partial charge in [-0.1, -0.05) is 0 Å². The van der Waals surface area contributed by atoms with E-state index in [9.17, 15) is 18.0 Å². The first-order valence-electron chi connectivity index (χ1n) is 8.00. The molecule has 1 heterocycles. The molecule has 1 aromatic carbocycles. The summed E-state index contributed by atoms with van der Waals surface area (Å²) >= 11 is 0. The zero-order valence-electron chi connectivity index (χ0n) is 13.9. The van der Waals surface area contributed by atoms with Gasteiger partial charge in [0.2, 0.25) is 0 Å². The van der Waals surface area contributed by atoms with Crippen LogP contribution in [-0.4, -0.2) is 48.7 Å². The number of carbonyl (C=O) groups is 1. The van der Waals surface area contributed by atoms with E-state index >= 15 is 0 Å². The lowest BCUT2D eigenvalue weighted by Crippen LogP contribution is -2.36. The van der Waals surface area contributed by atoms with Gasteiger partial charge < -0.3 is 10.0 Å². The quantitative estimate of drug-likeness (QED) is 0.899. The van der Waals surface area contributed by atoms with Crippen molar-refractivity contribution in [1.82, 2.24) is 4.90 Å². The van der Waals surface area contributed by atoms with Gasteiger partial charge in [-0.25, -0.2) is 0 Å². The van der Waals surface area contributed by atoms with Gasteiger partial charge in [-0.15, -0.1) is 0 Å². The molecule has 0 bridgehead atoms. The number of nitriles is 1. The summed E-state index contributed by atoms with van der Waals surface area (Å²) in [4.78, 5) is 14.6. The molecule has 1 aromatic rings. The van der Waals surface area contributed by atoms with Crippen molar-refractivity contribution < 1.29 is 23.1 Å². The third-order valence-corrected chi connectivity index (χ3v) is 4.50. The Balaban J connectivity index is 2.13. The highest BCUT2D eigenvalue weighted by molar-refractivity contribution is 5.69. The molecule has 1 aliphatic rings. The second-order valence-corrected chi connectivity index (χ2v) is 6.22. The van der Waals surface area contributed by atoms with Crippen LogP contribution < -0.4 is 4.90 Å². The van der Waals surface area contributed by atoms with Crippen molar-refractivity contribution in [2.24, 2.45) is 0 Å². The van der Waals surface area contributed by atoms with Crippen molar-refractivity contribution in [3.05, 3.63) is 29.3 Å². The van der Waals surface area contributed by atoms with Crippen LogP contribution in [0.15, 0.2) is 18.2 Å². The van der Waals surface area contributed by atoms with Crippen LogP contribution in [0.3, 0.4) is 0 Å². The largest absolute Gasteiger partial charge is 0.480 e. The van der Waals surface area contributed by atoms with Crippen LogP contribution in [-0.2, 0) is 11.0 Å². The minimum absolute atomic E-state index is 0.0382. The number of nitrogens with zero attached hydrogens (tertiary/aromatic N) is 3. The molecule has 0 aromatic heterocycles. The van der Waals surface area contributed by atoms with Gasteiger partial charge in [0.1, 0.15) is 0 Å². The molecule has 1 atom stereocenters. The number of halogens is 3. The molecule has 0 radical (unpaired) electrons. The van der Waals surface area contributed by atoms with Crippen molar-refractivity contribution >= 4 is 11.7 Å². The molecular formula is C17H20F3N3O2. The molecule has 2 rings (SSSR count). The molecule has 0 spiro atoms. The summed E-state index contributed by atoms with van der Waals surface area (Å²) in [5, 5.41) is 17.9. The Bertz CT molecular complexity index is 670. The molecule has 136 valence electrons. The number of benzene rings is 1. The maximum Gasteiger partial charge on any atom is 0.417 e. The molecule has 0 saturated carbocycles. The zero-order valence-corrected chi connectivity index (χ0v) is 13.9. The molecule has 8 heteroatoms. The summed E-state index contributed by atoms with van der Waals surface area (Å²) in [5.41, 5.74) is -0.715. The second-order valence-electron chi connectivity index (χ2n) is 6.22. The lowest BCUT2D eigenvalue weighted by atomic mass is 10.1.